The summed E-state index contributed by atoms with van der Waals surface area (Å²) in [6, 6.07) is 9.52. The fourth-order valence-electron chi connectivity index (χ4n) is 1.76. The van der Waals surface area contributed by atoms with Gasteiger partial charge in [-0.2, -0.15) is 0 Å². The summed E-state index contributed by atoms with van der Waals surface area (Å²) in [5.41, 5.74) is 1.94. The minimum atomic E-state index is 0.477. The first-order chi connectivity index (χ1) is 9.72. The zero-order valence-corrected chi connectivity index (χ0v) is 12.2. The van der Waals surface area contributed by atoms with Crippen molar-refractivity contribution in [1.29, 1.82) is 0 Å². The fraction of sp³-hybridized carbons (Fsp3) is 0.143. The summed E-state index contributed by atoms with van der Waals surface area (Å²) >= 11 is 7.42. The molecule has 0 radical (unpaired) electrons. The van der Waals surface area contributed by atoms with Gasteiger partial charge in [-0.3, -0.25) is 0 Å². The third-order valence-corrected chi connectivity index (χ3v) is 3.87. The molecule has 0 bridgehead atoms. The van der Waals surface area contributed by atoms with Gasteiger partial charge in [0.25, 0.3) is 11.1 Å². The Labute approximate surface area is 125 Å². The third-order valence-electron chi connectivity index (χ3n) is 2.75. The number of halogens is 1. The van der Waals surface area contributed by atoms with Gasteiger partial charge in [-0.05, 0) is 30.7 Å². The molecule has 4 nitrogen and oxygen atoms in total. The van der Waals surface area contributed by atoms with Crippen LogP contribution in [0, 0.1) is 6.92 Å². The molecule has 3 aromatic rings. The van der Waals surface area contributed by atoms with Crippen molar-refractivity contribution in [1.82, 2.24) is 10.2 Å². The van der Waals surface area contributed by atoms with Crippen molar-refractivity contribution in [3.8, 4) is 11.5 Å². The summed E-state index contributed by atoms with van der Waals surface area (Å²) in [7, 11) is 0. The summed E-state index contributed by atoms with van der Waals surface area (Å²) in [5.74, 6) is 1.97. The zero-order valence-electron chi connectivity index (χ0n) is 10.7. The number of hydrogen-bond acceptors (Lipinski definition) is 5. The Balaban J connectivity index is 1.70. The van der Waals surface area contributed by atoms with Gasteiger partial charge in [-0.25, -0.2) is 0 Å². The standard InChI is InChI=1S/C14H11ClN2O2S/c1-9-12(5-6-18-9)13-16-17-14(19-13)20-8-10-3-2-4-11(15)7-10/h2-7H,8H2,1H3. The van der Waals surface area contributed by atoms with Gasteiger partial charge in [-0.15, -0.1) is 10.2 Å². The van der Waals surface area contributed by atoms with E-state index >= 15 is 0 Å². The molecule has 0 aliphatic carbocycles. The number of aryl methyl sites for hydroxylation is 1. The predicted molar refractivity (Wildman–Crippen MR) is 77.8 cm³/mol. The molecule has 0 fully saturated rings. The normalized spacial score (nSPS) is 10.9. The highest BCUT2D eigenvalue weighted by molar-refractivity contribution is 7.98. The molecule has 0 unspecified atom stereocenters. The van der Waals surface area contributed by atoms with Crippen LogP contribution in [0.5, 0.6) is 0 Å². The Morgan fingerprint density at radius 2 is 2.15 bits per heavy atom. The highest BCUT2D eigenvalue weighted by Gasteiger charge is 2.13. The Bertz CT molecular complexity index is 723. The summed E-state index contributed by atoms with van der Waals surface area (Å²) < 4.78 is 10.8. The molecule has 1 aromatic carbocycles. The fourth-order valence-corrected chi connectivity index (χ4v) is 2.67. The van der Waals surface area contributed by atoms with Crippen molar-refractivity contribution in [3.05, 3.63) is 52.9 Å². The lowest BCUT2D eigenvalue weighted by molar-refractivity contribution is 0.463. The van der Waals surface area contributed by atoms with E-state index < -0.39 is 0 Å². The number of benzene rings is 1. The maximum atomic E-state index is 5.94. The van der Waals surface area contributed by atoms with Gasteiger partial charge in [0.05, 0.1) is 11.8 Å². The lowest BCUT2D eigenvalue weighted by Crippen LogP contribution is -1.80. The molecule has 0 saturated carbocycles. The van der Waals surface area contributed by atoms with Crippen molar-refractivity contribution in [2.45, 2.75) is 17.9 Å². The largest absolute Gasteiger partial charge is 0.469 e. The van der Waals surface area contributed by atoms with Crippen LogP contribution in [-0.2, 0) is 5.75 Å². The van der Waals surface area contributed by atoms with E-state index in [1.54, 1.807) is 6.26 Å². The summed E-state index contributed by atoms with van der Waals surface area (Å²) in [6.45, 7) is 1.86. The Kier molecular flexibility index (Phi) is 3.80. The summed E-state index contributed by atoms with van der Waals surface area (Å²) in [6.07, 6.45) is 1.60. The SMILES string of the molecule is Cc1occc1-c1nnc(SCc2cccc(Cl)c2)o1. The quantitative estimate of drug-likeness (QED) is 0.660. The van der Waals surface area contributed by atoms with E-state index in [2.05, 4.69) is 10.2 Å². The van der Waals surface area contributed by atoms with E-state index in [4.69, 9.17) is 20.4 Å². The molecular formula is C14H11ClN2O2S. The number of aromatic nitrogens is 2. The van der Waals surface area contributed by atoms with Crippen molar-refractivity contribution >= 4 is 23.4 Å². The van der Waals surface area contributed by atoms with E-state index in [0.717, 1.165) is 27.7 Å². The van der Waals surface area contributed by atoms with E-state index in [1.165, 1.54) is 11.8 Å². The van der Waals surface area contributed by atoms with Crippen LogP contribution >= 0.6 is 23.4 Å². The average Bonchev–Trinajstić information content (AvgIpc) is 3.05. The first kappa shape index (κ1) is 13.3. The first-order valence-corrected chi connectivity index (χ1v) is 7.34. The zero-order chi connectivity index (χ0) is 13.9. The second-order valence-electron chi connectivity index (χ2n) is 4.18. The van der Waals surface area contributed by atoms with Crippen LogP contribution in [0.2, 0.25) is 5.02 Å². The summed E-state index contributed by atoms with van der Waals surface area (Å²) in [5, 5.41) is 9.30. The Morgan fingerprint density at radius 3 is 2.90 bits per heavy atom. The number of rotatable bonds is 4. The Hall–Kier alpha value is -1.72. The van der Waals surface area contributed by atoms with Gasteiger partial charge in [-0.1, -0.05) is 35.5 Å². The van der Waals surface area contributed by atoms with Crippen LogP contribution in [0.1, 0.15) is 11.3 Å². The molecule has 2 aromatic heterocycles. The van der Waals surface area contributed by atoms with Crippen molar-refractivity contribution in [2.24, 2.45) is 0 Å². The molecule has 0 N–H and O–H groups in total. The van der Waals surface area contributed by atoms with E-state index in [9.17, 15) is 0 Å². The Morgan fingerprint density at radius 1 is 1.25 bits per heavy atom. The van der Waals surface area contributed by atoms with Gasteiger partial charge in [0.1, 0.15) is 5.76 Å². The third kappa shape index (κ3) is 2.89. The van der Waals surface area contributed by atoms with E-state index in [-0.39, 0.29) is 0 Å². The van der Waals surface area contributed by atoms with E-state index in [0.29, 0.717) is 11.1 Å². The highest BCUT2D eigenvalue weighted by atomic mass is 35.5. The smallest absolute Gasteiger partial charge is 0.277 e. The second kappa shape index (κ2) is 5.73. The van der Waals surface area contributed by atoms with Crippen molar-refractivity contribution in [3.63, 3.8) is 0 Å². The van der Waals surface area contributed by atoms with Gasteiger partial charge >= 0.3 is 0 Å². The van der Waals surface area contributed by atoms with Gasteiger partial charge < -0.3 is 8.83 Å². The topological polar surface area (TPSA) is 52.1 Å². The van der Waals surface area contributed by atoms with E-state index in [1.807, 2.05) is 37.3 Å². The molecule has 0 atom stereocenters. The van der Waals surface area contributed by atoms with Crippen LogP contribution in [0.3, 0.4) is 0 Å². The number of furan rings is 1. The average molecular weight is 307 g/mol. The van der Waals surface area contributed by atoms with Crippen LogP contribution in [-0.4, -0.2) is 10.2 Å². The molecule has 102 valence electrons. The molecule has 2 heterocycles. The van der Waals surface area contributed by atoms with Crippen LogP contribution in [0.15, 0.2) is 50.7 Å². The minimum Gasteiger partial charge on any atom is -0.469 e. The maximum Gasteiger partial charge on any atom is 0.277 e. The van der Waals surface area contributed by atoms with Gasteiger partial charge in [0.15, 0.2) is 0 Å². The minimum absolute atomic E-state index is 0.477. The molecule has 0 aliphatic rings. The molecule has 20 heavy (non-hydrogen) atoms. The molecule has 0 amide bonds. The van der Waals surface area contributed by atoms with Gasteiger partial charge in [0, 0.05) is 10.8 Å². The molecular weight excluding hydrogens is 296 g/mol. The monoisotopic (exact) mass is 306 g/mol. The van der Waals surface area contributed by atoms with Crippen LogP contribution in [0.4, 0.5) is 0 Å². The molecule has 6 heteroatoms. The maximum absolute atomic E-state index is 5.94. The lowest BCUT2D eigenvalue weighted by atomic mass is 10.2. The number of thioether (sulfide) groups is 1. The van der Waals surface area contributed by atoms with Crippen LogP contribution < -0.4 is 0 Å². The molecule has 0 aliphatic heterocycles. The van der Waals surface area contributed by atoms with Crippen molar-refractivity contribution < 1.29 is 8.83 Å². The van der Waals surface area contributed by atoms with Gasteiger partial charge in [0.2, 0.25) is 0 Å². The van der Waals surface area contributed by atoms with Crippen molar-refractivity contribution in [2.75, 3.05) is 0 Å². The number of nitrogens with zero attached hydrogens (tertiary/aromatic N) is 2. The second-order valence-corrected chi connectivity index (χ2v) is 5.55. The lowest BCUT2D eigenvalue weighted by Gasteiger charge is -1.98. The molecule has 0 spiro atoms. The first-order valence-electron chi connectivity index (χ1n) is 5.97. The molecule has 3 rings (SSSR count). The van der Waals surface area contributed by atoms with Crippen LogP contribution in [0.25, 0.3) is 11.5 Å². The predicted octanol–water partition coefficient (Wildman–Crippen LogP) is 4.58. The highest BCUT2D eigenvalue weighted by Crippen LogP contribution is 2.28. The number of hydrogen-bond donors (Lipinski definition) is 0. The molecule has 0 saturated heterocycles. The summed E-state index contributed by atoms with van der Waals surface area (Å²) in [4.78, 5) is 0.